The van der Waals surface area contributed by atoms with Crippen molar-refractivity contribution in [3.05, 3.63) is 0 Å². The van der Waals surface area contributed by atoms with Crippen LogP contribution in [-0.4, -0.2) is 98.0 Å². The lowest BCUT2D eigenvalue weighted by molar-refractivity contribution is -0.136. The van der Waals surface area contributed by atoms with E-state index in [4.69, 9.17) is 0 Å². The van der Waals surface area contributed by atoms with Crippen LogP contribution in [0.15, 0.2) is 0 Å². The van der Waals surface area contributed by atoms with E-state index < -0.39 is 0 Å². The van der Waals surface area contributed by atoms with E-state index in [1.807, 2.05) is 0 Å². The Balaban J connectivity index is 1.39. The summed E-state index contributed by atoms with van der Waals surface area (Å²) < 4.78 is 0. The third-order valence-corrected chi connectivity index (χ3v) is 7.92. The molecule has 2 unspecified atom stereocenters. The third-order valence-electron chi connectivity index (χ3n) is 7.92. The Labute approximate surface area is 172 Å². The van der Waals surface area contributed by atoms with Gasteiger partial charge in [0.1, 0.15) is 0 Å². The Morgan fingerprint density at radius 2 is 1.79 bits per heavy atom. The zero-order valence-electron chi connectivity index (χ0n) is 18.9. The number of rotatable bonds is 6. The Morgan fingerprint density at radius 1 is 1.11 bits per heavy atom. The van der Waals surface area contributed by atoms with Crippen LogP contribution in [0.1, 0.15) is 46.5 Å². The average Bonchev–Trinajstić information content (AvgIpc) is 3.14. The minimum atomic E-state index is -0.0269. The van der Waals surface area contributed by atoms with Gasteiger partial charge in [-0.1, -0.05) is 20.8 Å². The molecular formula is C23H42N4O. The Hall–Kier alpha value is -0.650. The first-order valence-corrected chi connectivity index (χ1v) is 11.6. The summed E-state index contributed by atoms with van der Waals surface area (Å²) in [6.45, 7) is 16.0. The third kappa shape index (κ3) is 3.99. The number of carbonyl (C=O) groups is 1. The molecule has 3 saturated heterocycles. The molecule has 0 radical (unpaired) electrons. The van der Waals surface area contributed by atoms with E-state index in [0.29, 0.717) is 11.8 Å². The highest BCUT2D eigenvalue weighted by atomic mass is 16.2. The predicted octanol–water partition coefficient (Wildman–Crippen LogP) is 2.23. The molecule has 5 heteroatoms. The number of hydrogen-bond donors (Lipinski definition) is 0. The van der Waals surface area contributed by atoms with Gasteiger partial charge in [0.05, 0.1) is 0 Å². The molecule has 0 aromatic heterocycles. The maximum Gasteiger partial charge on any atom is 0.228 e. The van der Waals surface area contributed by atoms with Gasteiger partial charge in [0, 0.05) is 56.1 Å². The molecule has 2 atom stereocenters. The van der Waals surface area contributed by atoms with Gasteiger partial charge < -0.3 is 14.7 Å². The highest BCUT2D eigenvalue weighted by Gasteiger charge is 2.57. The van der Waals surface area contributed by atoms with Crippen LogP contribution < -0.4 is 0 Å². The normalized spacial score (nSPS) is 33.8. The summed E-state index contributed by atoms with van der Waals surface area (Å²) in [5.41, 5.74) is 0.250. The van der Waals surface area contributed by atoms with E-state index in [0.717, 1.165) is 44.4 Å². The van der Waals surface area contributed by atoms with Crippen LogP contribution in [0, 0.1) is 22.7 Å². The Morgan fingerprint density at radius 3 is 2.36 bits per heavy atom. The molecule has 5 nitrogen and oxygen atoms in total. The molecule has 0 aromatic rings. The lowest BCUT2D eigenvalue weighted by atomic mass is 9.80. The van der Waals surface area contributed by atoms with Gasteiger partial charge in [0.2, 0.25) is 5.91 Å². The van der Waals surface area contributed by atoms with Crippen LogP contribution in [0.3, 0.4) is 0 Å². The van der Waals surface area contributed by atoms with Crippen molar-refractivity contribution >= 4 is 5.91 Å². The molecule has 0 spiro atoms. The predicted molar refractivity (Wildman–Crippen MR) is 114 cm³/mol. The number of hydrogen-bond acceptors (Lipinski definition) is 4. The van der Waals surface area contributed by atoms with Crippen molar-refractivity contribution in [2.45, 2.75) is 52.5 Å². The maximum absolute atomic E-state index is 13.0. The van der Waals surface area contributed by atoms with Gasteiger partial charge >= 0.3 is 0 Å². The highest BCUT2D eigenvalue weighted by molar-refractivity contribution is 5.85. The van der Waals surface area contributed by atoms with Crippen LogP contribution in [0.2, 0.25) is 0 Å². The van der Waals surface area contributed by atoms with Gasteiger partial charge in [0.25, 0.3) is 0 Å². The monoisotopic (exact) mass is 390 g/mol. The summed E-state index contributed by atoms with van der Waals surface area (Å²) in [5, 5.41) is 0. The molecule has 0 aromatic carbocycles. The number of fused-ring (bicyclic) bond motifs is 1. The lowest BCUT2D eigenvalue weighted by Crippen LogP contribution is -2.48. The van der Waals surface area contributed by atoms with Crippen molar-refractivity contribution in [1.29, 1.82) is 0 Å². The summed E-state index contributed by atoms with van der Waals surface area (Å²) in [6, 6.07) is 0.748. The molecule has 160 valence electrons. The molecule has 1 amide bonds. The summed E-state index contributed by atoms with van der Waals surface area (Å²) in [7, 11) is 4.40. The standard InChI is InChI=1S/C23H42N4O/c1-18(2)12-25-10-6-20(7-11-25)26-13-19-14-27(21(28)22(3)8-9-22)17-23(19,16-26)15-24(4)5/h18-20H,6-17H2,1-5H3. The van der Waals surface area contributed by atoms with E-state index in [1.54, 1.807) is 0 Å². The first-order valence-electron chi connectivity index (χ1n) is 11.6. The molecule has 3 aliphatic heterocycles. The molecule has 4 rings (SSSR count). The molecule has 28 heavy (non-hydrogen) atoms. The number of likely N-dealkylation sites (tertiary alicyclic amines) is 3. The van der Waals surface area contributed by atoms with Crippen molar-refractivity contribution in [2.75, 3.05) is 66.5 Å². The first-order chi connectivity index (χ1) is 13.2. The summed E-state index contributed by atoms with van der Waals surface area (Å²) in [4.78, 5) is 23.0. The molecule has 0 bridgehead atoms. The largest absolute Gasteiger partial charge is 0.341 e. The highest BCUT2D eigenvalue weighted by Crippen LogP contribution is 2.50. The average molecular weight is 391 g/mol. The minimum absolute atomic E-state index is 0.0269. The minimum Gasteiger partial charge on any atom is -0.341 e. The fourth-order valence-electron chi connectivity index (χ4n) is 6.27. The van der Waals surface area contributed by atoms with E-state index in [9.17, 15) is 4.79 Å². The number of nitrogens with zero attached hydrogens (tertiary/aromatic N) is 4. The zero-order chi connectivity index (χ0) is 20.1. The second-order valence-electron chi connectivity index (χ2n) is 11.4. The van der Waals surface area contributed by atoms with E-state index in [2.05, 4.69) is 54.5 Å². The molecule has 4 fully saturated rings. The molecule has 1 aliphatic carbocycles. The number of piperidine rings is 1. The van der Waals surface area contributed by atoms with Crippen molar-refractivity contribution in [3.63, 3.8) is 0 Å². The van der Waals surface area contributed by atoms with Crippen molar-refractivity contribution < 1.29 is 4.79 Å². The van der Waals surface area contributed by atoms with Crippen molar-refractivity contribution in [3.8, 4) is 0 Å². The van der Waals surface area contributed by atoms with Crippen molar-refractivity contribution in [1.82, 2.24) is 19.6 Å². The second-order valence-corrected chi connectivity index (χ2v) is 11.4. The van der Waals surface area contributed by atoms with E-state index in [1.165, 1.54) is 45.6 Å². The summed E-state index contributed by atoms with van der Waals surface area (Å²) in [5.74, 6) is 1.85. The van der Waals surface area contributed by atoms with Crippen molar-refractivity contribution in [2.24, 2.45) is 22.7 Å². The summed E-state index contributed by atoms with van der Waals surface area (Å²) >= 11 is 0. The van der Waals surface area contributed by atoms with Crippen LogP contribution >= 0.6 is 0 Å². The molecular weight excluding hydrogens is 348 g/mol. The van der Waals surface area contributed by atoms with Crippen LogP contribution in [-0.2, 0) is 4.79 Å². The van der Waals surface area contributed by atoms with Gasteiger partial charge in [0.15, 0.2) is 0 Å². The zero-order valence-corrected chi connectivity index (χ0v) is 18.9. The summed E-state index contributed by atoms with van der Waals surface area (Å²) in [6.07, 6.45) is 4.82. The molecule has 0 N–H and O–H groups in total. The van der Waals surface area contributed by atoms with Gasteiger partial charge in [-0.15, -0.1) is 0 Å². The Kier molecular flexibility index (Phi) is 5.56. The SMILES string of the molecule is CC(C)CN1CCC(N2CC3CN(C(=O)C4(C)CC4)CC3(CN(C)C)C2)CC1. The van der Waals surface area contributed by atoms with Crippen LogP contribution in [0.4, 0.5) is 0 Å². The van der Waals surface area contributed by atoms with E-state index in [-0.39, 0.29) is 10.8 Å². The molecule has 4 aliphatic rings. The van der Waals surface area contributed by atoms with E-state index >= 15 is 0 Å². The molecule has 1 saturated carbocycles. The second kappa shape index (κ2) is 7.55. The van der Waals surface area contributed by atoms with Crippen LogP contribution in [0.25, 0.3) is 0 Å². The smallest absolute Gasteiger partial charge is 0.228 e. The fraction of sp³-hybridized carbons (Fsp3) is 0.957. The van der Waals surface area contributed by atoms with Crippen LogP contribution in [0.5, 0.6) is 0 Å². The topological polar surface area (TPSA) is 30.0 Å². The van der Waals surface area contributed by atoms with Gasteiger partial charge in [-0.3, -0.25) is 9.69 Å². The Bertz CT molecular complexity index is 579. The van der Waals surface area contributed by atoms with Gasteiger partial charge in [-0.25, -0.2) is 0 Å². The quantitative estimate of drug-likeness (QED) is 0.696. The van der Waals surface area contributed by atoms with Gasteiger partial charge in [-0.05, 0) is 64.7 Å². The molecule has 3 heterocycles. The number of amides is 1. The fourth-order valence-corrected chi connectivity index (χ4v) is 6.27. The van der Waals surface area contributed by atoms with Gasteiger partial charge in [-0.2, -0.15) is 0 Å². The maximum atomic E-state index is 13.0. The first kappa shape index (κ1) is 20.6. The lowest BCUT2D eigenvalue weighted by Gasteiger charge is -2.39. The number of carbonyl (C=O) groups excluding carboxylic acids is 1.